The lowest BCUT2D eigenvalue weighted by molar-refractivity contribution is -0.135. The Bertz CT molecular complexity index is 2990. The Morgan fingerprint density at radius 1 is 1.05 bits per heavy atom. The molecule has 1 unspecified atom stereocenters. The fourth-order valence-electron chi connectivity index (χ4n) is 8.89. The molecule has 2 saturated heterocycles. The summed E-state index contributed by atoms with van der Waals surface area (Å²) >= 11 is 0. The maximum Gasteiger partial charge on any atom is 0.329 e. The maximum atomic E-state index is 16.4. The van der Waals surface area contributed by atoms with Gasteiger partial charge in [-0.25, -0.2) is 19.2 Å². The Kier molecular flexibility index (Phi) is 10.2. The highest BCUT2D eigenvalue weighted by Gasteiger charge is 2.32. The summed E-state index contributed by atoms with van der Waals surface area (Å²) in [5.41, 5.74) is 6.18. The molecule has 9 rings (SSSR count). The standard InChI is InChI=1S/C45H48FN11O5/c1-24-28(25(2)49-42(60)40-52-43(62-53-40)45(3,4)5)12-13-30(36(24)46)37-35-29-11-10-27(22-31(29)50-39(35)48-23-47-37)56-20-18-55(19-21-56)17-16-26-8-7-9-32-38(26)54(6)44(61)57(32)33-14-15-34(58)51-41(33)59/h7-13,22-23,25,33H,14-21H2,1-6H3,(H,49,60)(H,47,48,50)(H,51,58,59)/t25-,33?/m1/s1. The van der Waals surface area contributed by atoms with Crippen molar-refractivity contribution in [2.75, 3.05) is 37.6 Å². The van der Waals surface area contributed by atoms with Gasteiger partial charge in [0.2, 0.25) is 17.7 Å². The number of piperazine rings is 1. The first-order valence-corrected chi connectivity index (χ1v) is 20.9. The normalized spacial score (nSPS) is 17.0. The van der Waals surface area contributed by atoms with Crippen LogP contribution in [-0.2, 0) is 28.5 Å². The van der Waals surface area contributed by atoms with Gasteiger partial charge in [-0.05, 0) is 67.6 Å². The zero-order chi connectivity index (χ0) is 43.6. The van der Waals surface area contributed by atoms with Crippen molar-refractivity contribution in [2.24, 2.45) is 7.05 Å². The molecule has 2 aliphatic heterocycles. The van der Waals surface area contributed by atoms with E-state index in [0.717, 1.165) is 72.2 Å². The Morgan fingerprint density at radius 2 is 1.84 bits per heavy atom. The molecule has 4 aromatic heterocycles. The van der Waals surface area contributed by atoms with Crippen molar-refractivity contribution in [3.63, 3.8) is 0 Å². The number of nitrogens with zero attached hydrogens (tertiary/aromatic N) is 8. The van der Waals surface area contributed by atoms with Crippen molar-refractivity contribution >= 4 is 56.4 Å². The van der Waals surface area contributed by atoms with Crippen LogP contribution in [0.5, 0.6) is 0 Å². The van der Waals surface area contributed by atoms with E-state index in [1.807, 2.05) is 45.0 Å². The second-order valence-corrected chi connectivity index (χ2v) is 17.4. The molecule has 16 nitrogen and oxygen atoms in total. The molecule has 3 N–H and O–H groups in total. The van der Waals surface area contributed by atoms with E-state index in [2.05, 4.69) is 57.7 Å². The Balaban J connectivity index is 0.883. The average molecular weight is 842 g/mol. The number of carbonyl (C=O) groups is 3. The molecule has 7 aromatic rings. The van der Waals surface area contributed by atoms with Crippen LogP contribution in [0.1, 0.15) is 85.8 Å². The first-order chi connectivity index (χ1) is 29.7. The monoisotopic (exact) mass is 841 g/mol. The lowest BCUT2D eigenvalue weighted by atomic mass is 9.96. The lowest BCUT2D eigenvalue weighted by Gasteiger charge is -2.36. The number of H-pyrrole nitrogens is 1. The second kappa shape index (κ2) is 15.6. The molecule has 3 aromatic carbocycles. The fraction of sp³-hybridized carbons (Fsp3) is 0.378. The van der Waals surface area contributed by atoms with E-state index < -0.39 is 35.1 Å². The van der Waals surface area contributed by atoms with Gasteiger partial charge in [0.1, 0.15) is 23.8 Å². The fourth-order valence-corrected chi connectivity index (χ4v) is 8.89. The molecule has 2 fully saturated rings. The maximum absolute atomic E-state index is 16.4. The van der Waals surface area contributed by atoms with Gasteiger partial charge < -0.3 is 19.7 Å². The summed E-state index contributed by atoms with van der Waals surface area (Å²) in [7, 11) is 1.73. The Hall–Kier alpha value is -6.75. The third-order valence-electron chi connectivity index (χ3n) is 12.3. The van der Waals surface area contributed by atoms with Crippen LogP contribution in [0.2, 0.25) is 0 Å². The summed E-state index contributed by atoms with van der Waals surface area (Å²) in [6, 6.07) is 14.3. The summed E-state index contributed by atoms with van der Waals surface area (Å²) in [5, 5.41) is 10.7. The first-order valence-electron chi connectivity index (χ1n) is 20.9. The van der Waals surface area contributed by atoms with Crippen LogP contribution in [-0.4, -0.2) is 89.6 Å². The zero-order valence-electron chi connectivity index (χ0n) is 35.5. The third-order valence-corrected chi connectivity index (χ3v) is 12.3. The molecule has 3 amide bonds. The number of fused-ring (bicyclic) bond motifs is 4. The number of carbonyl (C=O) groups excluding carboxylic acids is 3. The molecule has 0 aliphatic carbocycles. The van der Waals surface area contributed by atoms with Crippen molar-refractivity contribution in [1.82, 2.24) is 49.8 Å². The zero-order valence-corrected chi connectivity index (χ0v) is 35.5. The number of halogens is 1. The minimum absolute atomic E-state index is 0.0798. The predicted molar refractivity (Wildman–Crippen MR) is 231 cm³/mol. The predicted octanol–water partition coefficient (Wildman–Crippen LogP) is 5.39. The molecule has 0 saturated carbocycles. The molecule has 2 aliphatic rings. The number of benzene rings is 3. The molecule has 2 atom stereocenters. The molecule has 6 heterocycles. The number of amides is 3. The summed E-state index contributed by atoms with van der Waals surface area (Å²) in [6.07, 6.45) is 2.65. The van der Waals surface area contributed by atoms with Crippen LogP contribution in [0, 0.1) is 12.7 Å². The van der Waals surface area contributed by atoms with Crippen molar-refractivity contribution < 1.29 is 23.3 Å². The number of nitrogens with one attached hydrogen (secondary N) is 3. The van der Waals surface area contributed by atoms with Gasteiger partial charge in [-0.1, -0.05) is 50.2 Å². The van der Waals surface area contributed by atoms with Crippen molar-refractivity contribution in [2.45, 2.75) is 71.4 Å². The Labute approximate surface area is 355 Å². The number of piperidine rings is 1. The molecule has 0 radical (unpaired) electrons. The van der Waals surface area contributed by atoms with Gasteiger partial charge >= 0.3 is 5.69 Å². The minimum atomic E-state index is -0.721. The highest BCUT2D eigenvalue weighted by Crippen LogP contribution is 2.37. The number of imidazole rings is 1. The number of anilines is 1. The van der Waals surface area contributed by atoms with Crippen LogP contribution in [0.15, 0.2) is 64.2 Å². The number of imide groups is 1. The van der Waals surface area contributed by atoms with Crippen LogP contribution in [0.25, 0.3) is 44.2 Å². The van der Waals surface area contributed by atoms with E-state index in [1.54, 1.807) is 37.6 Å². The van der Waals surface area contributed by atoms with Gasteiger partial charge in [0, 0.05) is 73.8 Å². The van der Waals surface area contributed by atoms with Gasteiger partial charge in [-0.15, -0.1) is 0 Å². The molecule has 62 heavy (non-hydrogen) atoms. The molecule has 0 bridgehead atoms. The smallest absolute Gasteiger partial charge is 0.329 e. The van der Waals surface area contributed by atoms with Gasteiger partial charge in [-0.2, -0.15) is 4.98 Å². The van der Waals surface area contributed by atoms with Crippen molar-refractivity contribution in [3.8, 4) is 11.3 Å². The van der Waals surface area contributed by atoms with Crippen LogP contribution < -0.4 is 21.2 Å². The quantitative estimate of drug-likeness (QED) is 0.158. The topological polar surface area (TPSA) is 189 Å². The molecule has 320 valence electrons. The van der Waals surface area contributed by atoms with Crippen molar-refractivity contribution in [1.29, 1.82) is 0 Å². The third kappa shape index (κ3) is 7.18. The minimum Gasteiger partial charge on any atom is -0.369 e. The van der Waals surface area contributed by atoms with Gasteiger partial charge in [0.25, 0.3) is 11.7 Å². The van der Waals surface area contributed by atoms with Crippen LogP contribution >= 0.6 is 0 Å². The van der Waals surface area contributed by atoms with E-state index in [1.165, 1.54) is 10.9 Å². The molecule has 17 heteroatoms. The molecule has 0 spiro atoms. The summed E-state index contributed by atoms with van der Waals surface area (Å²) in [5.74, 6) is -1.44. The summed E-state index contributed by atoms with van der Waals surface area (Å²) < 4.78 is 24.8. The van der Waals surface area contributed by atoms with Crippen LogP contribution in [0.3, 0.4) is 0 Å². The van der Waals surface area contributed by atoms with Gasteiger partial charge in [0.05, 0.1) is 28.2 Å². The van der Waals surface area contributed by atoms with Crippen LogP contribution in [0.4, 0.5) is 10.1 Å². The number of rotatable bonds is 9. The number of aromatic amines is 1. The van der Waals surface area contributed by atoms with Crippen molar-refractivity contribution in [3.05, 3.63) is 99.6 Å². The number of hydrogen-bond acceptors (Lipinski definition) is 11. The SMILES string of the molecule is Cc1c([C@@H](C)NC(=O)c2noc(C(C)(C)C)n2)ccc(-c2ncnc3[nH]c4cc(N5CCN(CCc6cccc7c6n(C)c(=O)n7C6CCC(=O)NC6=O)CC5)ccc4c23)c1F. The average Bonchev–Trinajstić information content (AvgIpc) is 3.97. The van der Waals surface area contributed by atoms with E-state index in [0.29, 0.717) is 45.9 Å². The van der Waals surface area contributed by atoms with Gasteiger partial charge in [0.15, 0.2) is 0 Å². The first kappa shape index (κ1) is 40.6. The van der Waals surface area contributed by atoms with E-state index in [4.69, 9.17) is 4.52 Å². The number of para-hydroxylation sites is 1. The highest BCUT2D eigenvalue weighted by molar-refractivity contribution is 6.12. The number of aryl methyl sites for hydroxylation is 1. The van der Waals surface area contributed by atoms with Gasteiger partial charge in [-0.3, -0.25) is 33.7 Å². The van der Waals surface area contributed by atoms with E-state index in [-0.39, 0.29) is 23.8 Å². The number of hydrogen-bond donors (Lipinski definition) is 3. The molecular weight excluding hydrogens is 794 g/mol. The Morgan fingerprint density at radius 3 is 2.58 bits per heavy atom. The summed E-state index contributed by atoms with van der Waals surface area (Å²) in [4.78, 5) is 72.4. The summed E-state index contributed by atoms with van der Waals surface area (Å²) in [6.45, 7) is 13.3. The molecular formula is C45H48FN11O5. The number of aromatic nitrogens is 7. The largest absolute Gasteiger partial charge is 0.369 e. The lowest BCUT2D eigenvalue weighted by Crippen LogP contribution is -2.47. The van der Waals surface area contributed by atoms with E-state index >= 15 is 4.39 Å². The highest BCUT2D eigenvalue weighted by atomic mass is 19.1. The second-order valence-electron chi connectivity index (χ2n) is 17.4. The van der Waals surface area contributed by atoms with E-state index in [9.17, 15) is 19.2 Å².